The van der Waals surface area contributed by atoms with Gasteiger partial charge in [0.25, 0.3) is 0 Å². The molecule has 1 aromatic heterocycles. The van der Waals surface area contributed by atoms with Gasteiger partial charge in [0.15, 0.2) is 5.60 Å². The summed E-state index contributed by atoms with van der Waals surface area (Å²) in [7, 11) is 0. The summed E-state index contributed by atoms with van der Waals surface area (Å²) in [5.74, 6) is -2.61. The Labute approximate surface area is 123 Å². The molecule has 0 unspecified atom stereocenters. The lowest BCUT2D eigenvalue weighted by molar-refractivity contribution is -0.187. The first-order valence-corrected chi connectivity index (χ1v) is 6.35. The number of carbonyl (C=O) groups is 2. The zero-order valence-electron chi connectivity index (χ0n) is 11.2. The molecule has 0 bridgehead atoms. The van der Waals surface area contributed by atoms with Crippen molar-refractivity contribution in [3.63, 3.8) is 0 Å². The number of esters is 1. The second kappa shape index (κ2) is 5.87. The van der Waals surface area contributed by atoms with Gasteiger partial charge in [-0.25, -0.2) is 14.4 Å². The van der Waals surface area contributed by atoms with Crippen molar-refractivity contribution in [1.29, 1.82) is 0 Å². The van der Waals surface area contributed by atoms with E-state index in [-0.39, 0.29) is 5.56 Å². The van der Waals surface area contributed by atoms with Gasteiger partial charge in [-0.15, -0.1) is 0 Å². The molecule has 0 spiro atoms. The van der Waals surface area contributed by atoms with E-state index in [9.17, 15) is 29.7 Å². The van der Waals surface area contributed by atoms with Crippen LogP contribution in [0.2, 0.25) is 0 Å². The van der Waals surface area contributed by atoms with E-state index in [1.54, 1.807) is 0 Å². The van der Waals surface area contributed by atoms with Gasteiger partial charge in [0.05, 0.1) is 17.9 Å². The number of aliphatic carboxylic acids is 1. The number of aliphatic hydroxyl groups excluding tert-OH is 2. The monoisotopic (exact) mass is 314 g/mol. The molecule has 0 amide bonds. The van der Waals surface area contributed by atoms with Crippen molar-refractivity contribution >= 4 is 11.9 Å². The van der Waals surface area contributed by atoms with Gasteiger partial charge in [0.1, 0.15) is 12.2 Å². The molecule has 1 aromatic rings. The van der Waals surface area contributed by atoms with Crippen molar-refractivity contribution in [2.75, 3.05) is 0 Å². The molecule has 0 radical (unpaired) electrons. The summed E-state index contributed by atoms with van der Waals surface area (Å²) in [6, 6.07) is 2.01. The van der Waals surface area contributed by atoms with E-state index < -0.39 is 54.3 Å². The average molecular weight is 314 g/mol. The maximum Gasteiger partial charge on any atom is 0.338 e. The Morgan fingerprint density at radius 3 is 2.59 bits per heavy atom. The van der Waals surface area contributed by atoms with E-state index in [1.165, 1.54) is 0 Å². The van der Waals surface area contributed by atoms with Gasteiger partial charge in [-0.1, -0.05) is 0 Å². The normalized spacial score (nSPS) is 31.5. The number of carbonyl (C=O) groups excluding carboxylic acids is 1. The van der Waals surface area contributed by atoms with Gasteiger partial charge in [0.2, 0.25) is 0 Å². The third kappa shape index (κ3) is 3.16. The Morgan fingerprint density at radius 2 is 2.00 bits per heavy atom. The Balaban J connectivity index is 2.18. The van der Waals surface area contributed by atoms with E-state index in [4.69, 9.17) is 9.84 Å². The van der Waals surface area contributed by atoms with Crippen molar-refractivity contribution in [3.8, 4) is 0 Å². The zero-order chi connectivity index (χ0) is 16.5. The number of hydrogen-bond acceptors (Lipinski definition) is 8. The lowest BCUT2D eigenvalue weighted by Gasteiger charge is -2.39. The van der Waals surface area contributed by atoms with Crippen LogP contribution in [0.4, 0.5) is 0 Å². The molecular weight excluding hydrogens is 300 g/mol. The fourth-order valence-electron chi connectivity index (χ4n) is 2.25. The number of aliphatic hydroxyl groups is 3. The van der Waals surface area contributed by atoms with Crippen LogP contribution in [-0.2, 0) is 9.53 Å². The predicted molar refractivity (Wildman–Crippen MR) is 68.0 cm³/mol. The fourth-order valence-corrected chi connectivity index (χ4v) is 2.25. The Morgan fingerprint density at radius 1 is 1.32 bits per heavy atom. The quantitative estimate of drug-likeness (QED) is 0.487. The SMILES string of the molecule is O=C(O[C@@H]1C[C@@](O)(C(=O)O)C[C@@H](O)[C@@H]1O)c1ccoc(=O)c1. The Kier molecular flexibility index (Phi) is 4.31. The largest absolute Gasteiger partial charge is 0.479 e. The molecule has 1 aliphatic carbocycles. The van der Waals surface area contributed by atoms with Crippen LogP contribution >= 0.6 is 0 Å². The molecule has 1 fully saturated rings. The standard InChI is InChI=1S/C13H14O9/c14-7-4-13(20,12(18)19)5-8(10(7)16)22-11(17)6-1-2-21-9(15)3-6/h1-3,7-8,10,14,16,20H,4-5H2,(H,18,19)/t7-,8-,10+,13-/m1/s1. The highest BCUT2D eigenvalue weighted by Gasteiger charge is 2.50. The van der Waals surface area contributed by atoms with E-state index in [0.717, 1.165) is 18.4 Å². The third-order valence-corrected chi connectivity index (χ3v) is 3.46. The number of rotatable bonds is 3. The van der Waals surface area contributed by atoms with Crippen LogP contribution in [0.1, 0.15) is 23.2 Å². The molecule has 9 heteroatoms. The number of hydrogen-bond donors (Lipinski definition) is 4. The van der Waals surface area contributed by atoms with Crippen LogP contribution in [0, 0.1) is 0 Å². The minimum absolute atomic E-state index is 0.164. The molecule has 1 heterocycles. The Bertz CT molecular complexity index is 636. The van der Waals surface area contributed by atoms with Gasteiger partial charge in [0, 0.05) is 18.9 Å². The Hall–Kier alpha value is -2.23. The summed E-state index contributed by atoms with van der Waals surface area (Å²) in [5, 5.41) is 38.3. The molecule has 0 aromatic carbocycles. The first kappa shape index (κ1) is 16.1. The fraction of sp³-hybridized carbons (Fsp3) is 0.462. The van der Waals surface area contributed by atoms with E-state index in [2.05, 4.69) is 4.42 Å². The van der Waals surface area contributed by atoms with Crippen LogP contribution in [0.15, 0.2) is 27.6 Å². The first-order valence-electron chi connectivity index (χ1n) is 6.35. The molecule has 0 saturated heterocycles. The van der Waals surface area contributed by atoms with Crippen LogP contribution in [0.25, 0.3) is 0 Å². The van der Waals surface area contributed by atoms with Gasteiger partial charge in [-0.05, 0) is 6.07 Å². The smallest absolute Gasteiger partial charge is 0.338 e. The summed E-state index contributed by atoms with van der Waals surface area (Å²) in [6.45, 7) is 0. The lowest BCUT2D eigenvalue weighted by Crippen LogP contribution is -2.57. The molecule has 22 heavy (non-hydrogen) atoms. The van der Waals surface area contributed by atoms with Crippen molar-refractivity contribution in [2.24, 2.45) is 0 Å². The minimum atomic E-state index is -2.32. The molecule has 120 valence electrons. The molecule has 1 aliphatic rings. The second-order valence-corrected chi connectivity index (χ2v) is 5.09. The number of ether oxygens (including phenoxy) is 1. The molecule has 1 saturated carbocycles. The van der Waals surface area contributed by atoms with Crippen LogP contribution in [0.3, 0.4) is 0 Å². The van der Waals surface area contributed by atoms with Crippen LogP contribution in [0.5, 0.6) is 0 Å². The second-order valence-electron chi connectivity index (χ2n) is 5.09. The van der Waals surface area contributed by atoms with Gasteiger partial charge in [-0.3, -0.25) is 0 Å². The minimum Gasteiger partial charge on any atom is -0.479 e. The predicted octanol–water partition coefficient (Wildman–Crippen LogP) is -1.50. The van der Waals surface area contributed by atoms with Gasteiger partial charge >= 0.3 is 17.6 Å². The summed E-state index contributed by atoms with van der Waals surface area (Å²) >= 11 is 0. The first-order chi connectivity index (χ1) is 10.2. The molecular formula is C13H14O9. The highest BCUT2D eigenvalue weighted by Crippen LogP contribution is 2.31. The maximum absolute atomic E-state index is 11.9. The number of carboxylic acid groups (broad SMARTS) is 1. The third-order valence-electron chi connectivity index (χ3n) is 3.46. The topological polar surface area (TPSA) is 154 Å². The van der Waals surface area contributed by atoms with Gasteiger partial charge < -0.3 is 29.6 Å². The zero-order valence-corrected chi connectivity index (χ0v) is 11.2. The van der Waals surface area contributed by atoms with E-state index in [1.807, 2.05) is 0 Å². The lowest BCUT2D eigenvalue weighted by atomic mass is 9.79. The summed E-state index contributed by atoms with van der Waals surface area (Å²) in [4.78, 5) is 33.9. The van der Waals surface area contributed by atoms with Crippen molar-refractivity contribution in [3.05, 3.63) is 34.4 Å². The van der Waals surface area contributed by atoms with Crippen molar-refractivity contribution in [1.82, 2.24) is 0 Å². The molecule has 4 N–H and O–H groups in total. The van der Waals surface area contributed by atoms with Crippen molar-refractivity contribution in [2.45, 2.75) is 36.8 Å². The van der Waals surface area contributed by atoms with Crippen molar-refractivity contribution < 1.29 is 39.2 Å². The van der Waals surface area contributed by atoms with Crippen LogP contribution in [-0.4, -0.2) is 56.3 Å². The summed E-state index contributed by atoms with van der Waals surface area (Å²) in [5.41, 5.74) is -3.28. The number of carboxylic acids is 1. The highest BCUT2D eigenvalue weighted by molar-refractivity contribution is 5.89. The van der Waals surface area contributed by atoms with Gasteiger partial charge in [-0.2, -0.15) is 0 Å². The molecule has 2 rings (SSSR count). The highest BCUT2D eigenvalue weighted by atomic mass is 16.6. The molecule has 0 aliphatic heterocycles. The van der Waals surface area contributed by atoms with Crippen LogP contribution < -0.4 is 5.63 Å². The maximum atomic E-state index is 11.9. The molecule has 4 atom stereocenters. The van der Waals surface area contributed by atoms with E-state index >= 15 is 0 Å². The average Bonchev–Trinajstić information content (AvgIpc) is 2.44. The molecule has 9 nitrogen and oxygen atoms in total. The summed E-state index contributed by atoms with van der Waals surface area (Å²) < 4.78 is 9.35. The van der Waals surface area contributed by atoms with E-state index in [0.29, 0.717) is 0 Å². The summed E-state index contributed by atoms with van der Waals surface area (Å²) in [6.07, 6.45) is -4.78.